The van der Waals surface area contributed by atoms with E-state index >= 15 is 0 Å². The van der Waals surface area contributed by atoms with Gasteiger partial charge < -0.3 is 9.84 Å². The summed E-state index contributed by atoms with van der Waals surface area (Å²) in [5.74, 6) is 1.35. The lowest BCUT2D eigenvalue weighted by molar-refractivity contribution is 0.117. The zero-order chi connectivity index (χ0) is 13.1. The monoisotopic (exact) mass is 256 g/mol. The molecule has 1 N–H and O–H groups in total. The van der Waals surface area contributed by atoms with Crippen LogP contribution >= 0.6 is 0 Å². The number of ether oxygens (including phenoxy) is 1. The highest BCUT2D eigenvalue weighted by atomic mass is 16.5. The van der Waals surface area contributed by atoms with Crippen molar-refractivity contribution in [3.8, 4) is 5.75 Å². The largest absolute Gasteiger partial charge is 0.494 e. The fraction of sp³-hybridized carbons (Fsp3) is 0.412. The predicted octanol–water partition coefficient (Wildman–Crippen LogP) is 3.77. The summed E-state index contributed by atoms with van der Waals surface area (Å²) in [5, 5.41) is 12.2. The van der Waals surface area contributed by atoms with Gasteiger partial charge in [-0.25, -0.2) is 0 Å². The van der Waals surface area contributed by atoms with Gasteiger partial charge in [-0.05, 0) is 48.1 Å². The molecule has 1 aliphatic carbocycles. The molecule has 1 fully saturated rings. The minimum absolute atomic E-state index is 0.111. The van der Waals surface area contributed by atoms with Crippen molar-refractivity contribution >= 4 is 10.8 Å². The van der Waals surface area contributed by atoms with Crippen molar-refractivity contribution in [1.82, 2.24) is 0 Å². The van der Waals surface area contributed by atoms with Gasteiger partial charge in [0.15, 0.2) is 0 Å². The minimum Gasteiger partial charge on any atom is -0.494 e. The van der Waals surface area contributed by atoms with Gasteiger partial charge in [-0.15, -0.1) is 0 Å². The average Bonchev–Trinajstić information content (AvgIpc) is 2.84. The average molecular weight is 256 g/mol. The summed E-state index contributed by atoms with van der Waals surface area (Å²) in [6.07, 6.45) is 4.10. The highest BCUT2D eigenvalue weighted by Gasteiger charge is 2.24. The van der Waals surface area contributed by atoms with E-state index in [9.17, 15) is 5.11 Å². The molecule has 0 saturated heterocycles. The number of fused-ring (bicyclic) bond motifs is 1. The number of benzene rings is 2. The Hall–Kier alpha value is -1.54. The van der Waals surface area contributed by atoms with Crippen LogP contribution in [0.25, 0.3) is 10.8 Å². The molecular formula is C17H20O2. The van der Waals surface area contributed by atoms with Crippen LogP contribution in [0.3, 0.4) is 0 Å². The van der Waals surface area contributed by atoms with Crippen LogP contribution < -0.4 is 4.74 Å². The van der Waals surface area contributed by atoms with Gasteiger partial charge in [0, 0.05) is 0 Å². The maximum Gasteiger partial charge on any atom is 0.119 e. The van der Waals surface area contributed by atoms with Crippen LogP contribution in [-0.4, -0.2) is 17.8 Å². The van der Waals surface area contributed by atoms with Crippen LogP contribution in [0.5, 0.6) is 5.75 Å². The van der Waals surface area contributed by atoms with Gasteiger partial charge in [0.1, 0.15) is 5.75 Å². The van der Waals surface area contributed by atoms with Gasteiger partial charge in [0.25, 0.3) is 0 Å². The Morgan fingerprint density at radius 1 is 1.05 bits per heavy atom. The van der Waals surface area contributed by atoms with Gasteiger partial charge in [-0.2, -0.15) is 0 Å². The molecule has 2 aromatic rings. The second-order valence-electron chi connectivity index (χ2n) is 5.40. The molecule has 0 amide bonds. The molecule has 2 unspecified atom stereocenters. The van der Waals surface area contributed by atoms with Gasteiger partial charge in [0.05, 0.1) is 12.7 Å². The first-order valence-corrected chi connectivity index (χ1v) is 7.12. The Kier molecular flexibility index (Phi) is 3.69. The molecule has 2 heteroatoms. The van der Waals surface area contributed by atoms with E-state index in [2.05, 4.69) is 24.3 Å². The molecule has 2 nitrogen and oxygen atoms in total. The van der Waals surface area contributed by atoms with E-state index in [-0.39, 0.29) is 6.10 Å². The van der Waals surface area contributed by atoms with Crippen LogP contribution in [0, 0.1) is 5.92 Å². The Bertz CT molecular complexity index is 550. The molecule has 1 aliphatic rings. The molecule has 19 heavy (non-hydrogen) atoms. The normalized spacial score (nSPS) is 22.8. The molecule has 2 aromatic carbocycles. The number of rotatable bonds is 4. The van der Waals surface area contributed by atoms with Crippen LogP contribution in [0.2, 0.25) is 0 Å². The smallest absolute Gasteiger partial charge is 0.119 e. The summed E-state index contributed by atoms with van der Waals surface area (Å²) in [6, 6.07) is 14.5. The fourth-order valence-corrected chi connectivity index (χ4v) is 2.94. The van der Waals surface area contributed by atoms with E-state index < -0.39 is 0 Å². The van der Waals surface area contributed by atoms with E-state index in [0.29, 0.717) is 12.5 Å². The highest BCUT2D eigenvalue weighted by Crippen LogP contribution is 2.28. The number of hydrogen-bond acceptors (Lipinski definition) is 2. The molecular weight excluding hydrogens is 236 g/mol. The Morgan fingerprint density at radius 3 is 2.68 bits per heavy atom. The Balaban J connectivity index is 1.59. The van der Waals surface area contributed by atoms with Crippen molar-refractivity contribution in [2.24, 2.45) is 5.92 Å². The number of aliphatic hydroxyl groups excluding tert-OH is 1. The third-order valence-corrected chi connectivity index (χ3v) is 4.10. The second kappa shape index (κ2) is 5.62. The van der Waals surface area contributed by atoms with E-state index in [1.165, 1.54) is 10.8 Å². The standard InChI is InChI=1S/C17H20O2/c18-17-7-3-6-14(17)10-11-19-16-9-8-13-4-1-2-5-15(13)12-16/h1-2,4-5,8-9,12,14,17-18H,3,6-7,10-11H2. The first-order valence-electron chi connectivity index (χ1n) is 7.12. The molecule has 1 saturated carbocycles. The molecule has 2 atom stereocenters. The summed E-state index contributed by atoms with van der Waals surface area (Å²) in [4.78, 5) is 0. The lowest BCUT2D eigenvalue weighted by Gasteiger charge is -2.14. The summed E-state index contributed by atoms with van der Waals surface area (Å²) in [7, 11) is 0. The summed E-state index contributed by atoms with van der Waals surface area (Å²) >= 11 is 0. The Morgan fingerprint density at radius 2 is 1.89 bits per heavy atom. The topological polar surface area (TPSA) is 29.5 Å². The molecule has 100 valence electrons. The minimum atomic E-state index is -0.111. The van der Waals surface area contributed by atoms with Crippen LogP contribution in [-0.2, 0) is 0 Å². The maximum atomic E-state index is 9.77. The lowest BCUT2D eigenvalue weighted by atomic mass is 10.0. The zero-order valence-electron chi connectivity index (χ0n) is 11.1. The van der Waals surface area contributed by atoms with Crippen molar-refractivity contribution in [2.75, 3.05) is 6.61 Å². The van der Waals surface area contributed by atoms with E-state index in [4.69, 9.17) is 4.74 Å². The number of aliphatic hydroxyl groups is 1. The van der Waals surface area contributed by atoms with Gasteiger partial charge >= 0.3 is 0 Å². The molecule has 3 rings (SSSR count). The second-order valence-corrected chi connectivity index (χ2v) is 5.40. The zero-order valence-corrected chi connectivity index (χ0v) is 11.1. The van der Waals surface area contributed by atoms with Crippen molar-refractivity contribution in [1.29, 1.82) is 0 Å². The van der Waals surface area contributed by atoms with Crippen LogP contribution in [0.1, 0.15) is 25.7 Å². The van der Waals surface area contributed by atoms with Crippen molar-refractivity contribution < 1.29 is 9.84 Å². The first kappa shape index (κ1) is 12.5. The van der Waals surface area contributed by atoms with Crippen LogP contribution in [0.4, 0.5) is 0 Å². The van der Waals surface area contributed by atoms with E-state index in [1.807, 2.05) is 18.2 Å². The first-order chi connectivity index (χ1) is 9.33. The third-order valence-electron chi connectivity index (χ3n) is 4.10. The van der Waals surface area contributed by atoms with Crippen molar-refractivity contribution in [3.63, 3.8) is 0 Å². The summed E-state index contributed by atoms with van der Waals surface area (Å²) in [6.45, 7) is 0.695. The van der Waals surface area contributed by atoms with Gasteiger partial charge in [-0.3, -0.25) is 0 Å². The molecule has 0 aliphatic heterocycles. The fourth-order valence-electron chi connectivity index (χ4n) is 2.94. The van der Waals surface area contributed by atoms with Crippen molar-refractivity contribution in [2.45, 2.75) is 31.8 Å². The maximum absolute atomic E-state index is 9.77. The van der Waals surface area contributed by atoms with Gasteiger partial charge in [0.2, 0.25) is 0 Å². The third kappa shape index (κ3) is 2.90. The van der Waals surface area contributed by atoms with Gasteiger partial charge in [-0.1, -0.05) is 36.8 Å². The molecule has 0 spiro atoms. The molecule has 0 heterocycles. The molecule has 0 bridgehead atoms. The summed E-state index contributed by atoms with van der Waals surface area (Å²) in [5.41, 5.74) is 0. The quantitative estimate of drug-likeness (QED) is 0.902. The molecule has 0 aromatic heterocycles. The van der Waals surface area contributed by atoms with E-state index in [1.54, 1.807) is 0 Å². The van der Waals surface area contributed by atoms with E-state index in [0.717, 1.165) is 31.4 Å². The van der Waals surface area contributed by atoms with Crippen LogP contribution in [0.15, 0.2) is 42.5 Å². The van der Waals surface area contributed by atoms with Crippen molar-refractivity contribution in [3.05, 3.63) is 42.5 Å². The SMILES string of the molecule is OC1CCCC1CCOc1ccc2ccccc2c1. The summed E-state index contributed by atoms with van der Waals surface area (Å²) < 4.78 is 5.81. The highest BCUT2D eigenvalue weighted by molar-refractivity contribution is 5.83. The lowest BCUT2D eigenvalue weighted by Crippen LogP contribution is -2.16. The molecule has 0 radical (unpaired) electrons. The number of hydrogen-bond donors (Lipinski definition) is 1. The Labute approximate surface area is 114 Å². The predicted molar refractivity (Wildman–Crippen MR) is 77.4 cm³/mol.